The number of carbonyl (C=O) groups is 1. The lowest BCUT2D eigenvalue weighted by Crippen LogP contribution is -2.36. The molecule has 1 heterocycles. The van der Waals surface area contributed by atoms with Crippen LogP contribution in [0.15, 0.2) is 24.3 Å². The lowest BCUT2D eigenvalue weighted by atomic mass is 10.1. The van der Waals surface area contributed by atoms with E-state index in [0.29, 0.717) is 26.2 Å². The molecule has 2 N–H and O–H groups in total. The zero-order chi connectivity index (χ0) is 18.9. The van der Waals surface area contributed by atoms with Crippen LogP contribution in [0.3, 0.4) is 0 Å². The van der Waals surface area contributed by atoms with Gasteiger partial charge in [-0.25, -0.2) is 4.79 Å². The van der Waals surface area contributed by atoms with Gasteiger partial charge >= 0.3 is 6.03 Å². The second-order valence-corrected chi connectivity index (χ2v) is 6.08. The van der Waals surface area contributed by atoms with E-state index in [-0.39, 0.29) is 6.03 Å². The summed E-state index contributed by atoms with van der Waals surface area (Å²) in [4.78, 5) is 12.0. The SMILES string of the molecule is COCCn1nc(C)c(CNC(=O)NCCc2cccc(OC)c2)c1C. The van der Waals surface area contributed by atoms with Crippen LogP contribution < -0.4 is 15.4 Å². The van der Waals surface area contributed by atoms with E-state index in [2.05, 4.69) is 15.7 Å². The summed E-state index contributed by atoms with van der Waals surface area (Å²) in [6, 6.07) is 7.66. The van der Waals surface area contributed by atoms with E-state index in [1.54, 1.807) is 14.2 Å². The number of urea groups is 1. The third kappa shape index (κ3) is 5.49. The van der Waals surface area contributed by atoms with Crippen molar-refractivity contribution in [3.05, 3.63) is 46.8 Å². The number of nitrogens with zero attached hydrogens (tertiary/aromatic N) is 2. The molecule has 0 unspecified atom stereocenters. The first kappa shape index (κ1) is 19.8. The number of benzene rings is 1. The van der Waals surface area contributed by atoms with Crippen LogP contribution in [0.2, 0.25) is 0 Å². The summed E-state index contributed by atoms with van der Waals surface area (Å²) in [6.45, 7) is 6.29. The van der Waals surface area contributed by atoms with Gasteiger partial charge in [-0.05, 0) is 38.0 Å². The third-order valence-corrected chi connectivity index (χ3v) is 4.30. The van der Waals surface area contributed by atoms with Gasteiger partial charge in [0, 0.05) is 31.5 Å². The molecule has 0 fully saturated rings. The molecule has 0 spiro atoms. The van der Waals surface area contributed by atoms with E-state index in [9.17, 15) is 4.79 Å². The maximum atomic E-state index is 12.0. The van der Waals surface area contributed by atoms with Crippen molar-refractivity contribution in [2.75, 3.05) is 27.4 Å². The van der Waals surface area contributed by atoms with E-state index < -0.39 is 0 Å². The highest BCUT2D eigenvalue weighted by molar-refractivity contribution is 5.73. The monoisotopic (exact) mass is 360 g/mol. The minimum absolute atomic E-state index is 0.184. The minimum atomic E-state index is -0.184. The van der Waals surface area contributed by atoms with Crippen LogP contribution >= 0.6 is 0 Å². The Morgan fingerprint density at radius 3 is 2.77 bits per heavy atom. The summed E-state index contributed by atoms with van der Waals surface area (Å²) < 4.78 is 12.2. The van der Waals surface area contributed by atoms with E-state index in [0.717, 1.165) is 34.7 Å². The average molecular weight is 360 g/mol. The molecule has 2 rings (SSSR count). The molecule has 1 aromatic carbocycles. The molecule has 142 valence electrons. The number of rotatable bonds is 9. The number of methoxy groups -OCH3 is 2. The summed E-state index contributed by atoms with van der Waals surface area (Å²) in [5, 5.41) is 10.3. The molecule has 7 heteroatoms. The van der Waals surface area contributed by atoms with Crippen molar-refractivity contribution >= 4 is 6.03 Å². The van der Waals surface area contributed by atoms with Gasteiger partial charge in [-0.3, -0.25) is 4.68 Å². The van der Waals surface area contributed by atoms with Crippen molar-refractivity contribution in [2.24, 2.45) is 0 Å². The quantitative estimate of drug-likeness (QED) is 0.719. The molecule has 26 heavy (non-hydrogen) atoms. The van der Waals surface area contributed by atoms with Crippen LogP contribution in [-0.2, 0) is 24.2 Å². The summed E-state index contributed by atoms with van der Waals surface area (Å²) in [6.07, 6.45) is 0.748. The molecule has 0 saturated heterocycles. The van der Waals surface area contributed by atoms with Crippen LogP contribution in [0.25, 0.3) is 0 Å². The van der Waals surface area contributed by atoms with Crippen molar-refractivity contribution in [1.29, 1.82) is 0 Å². The fourth-order valence-electron chi connectivity index (χ4n) is 2.76. The van der Waals surface area contributed by atoms with Gasteiger partial charge in [0.1, 0.15) is 5.75 Å². The van der Waals surface area contributed by atoms with Crippen molar-refractivity contribution in [3.63, 3.8) is 0 Å². The Morgan fingerprint density at radius 1 is 1.23 bits per heavy atom. The maximum Gasteiger partial charge on any atom is 0.315 e. The standard InChI is InChI=1S/C19H28N4O3/c1-14-18(15(2)23(22-14)10-11-25-3)13-21-19(24)20-9-8-16-6-5-7-17(12-16)26-4/h5-7,12H,8-11,13H2,1-4H3,(H2,20,21,24). The smallest absolute Gasteiger partial charge is 0.315 e. The summed E-state index contributed by atoms with van der Waals surface area (Å²) in [5.74, 6) is 0.823. The lowest BCUT2D eigenvalue weighted by molar-refractivity contribution is 0.182. The average Bonchev–Trinajstić information content (AvgIpc) is 2.91. The third-order valence-electron chi connectivity index (χ3n) is 4.30. The van der Waals surface area contributed by atoms with Crippen LogP contribution in [0.4, 0.5) is 4.79 Å². The van der Waals surface area contributed by atoms with Crippen molar-refractivity contribution < 1.29 is 14.3 Å². The molecule has 0 atom stereocenters. The molecule has 0 radical (unpaired) electrons. The van der Waals surface area contributed by atoms with Gasteiger partial charge in [0.15, 0.2) is 0 Å². The number of aryl methyl sites for hydroxylation is 1. The molecule has 0 aliphatic carbocycles. The van der Waals surface area contributed by atoms with E-state index in [1.165, 1.54) is 0 Å². The largest absolute Gasteiger partial charge is 0.497 e. The van der Waals surface area contributed by atoms with Gasteiger partial charge in [-0.15, -0.1) is 0 Å². The van der Waals surface area contributed by atoms with Gasteiger partial charge in [0.25, 0.3) is 0 Å². The Morgan fingerprint density at radius 2 is 2.04 bits per heavy atom. The van der Waals surface area contributed by atoms with Gasteiger partial charge in [0.05, 0.1) is 26.0 Å². The van der Waals surface area contributed by atoms with E-state index >= 15 is 0 Å². The Kier molecular flexibility index (Phi) is 7.47. The number of nitrogens with one attached hydrogen (secondary N) is 2. The van der Waals surface area contributed by atoms with Gasteiger partial charge in [0.2, 0.25) is 0 Å². The Labute approximate surface area is 154 Å². The van der Waals surface area contributed by atoms with Crippen LogP contribution in [0, 0.1) is 13.8 Å². The second kappa shape index (κ2) is 9.82. The number of hydrogen-bond donors (Lipinski definition) is 2. The van der Waals surface area contributed by atoms with Gasteiger partial charge in [-0.2, -0.15) is 5.10 Å². The van der Waals surface area contributed by atoms with Gasteiger partial charge < -0.3 is 20.1 Å². The number of hydrogen-bond acceptors (Lipinski definition) is 4. The fraction of sp³-hybridized carbons (Fsp3) is 0.474. The number of aromatic nitrogens is 2. The first-order chi connectivity index (χ1) is 12.5. The molecular weight excluding hydrogens is 332 g/mol. The molecule has 0 aliphatic rings. The number of ether oxygens (including phenoxy) is 2. The number of amides is 2. The second-order valence-electron chi connectivity index (χ2n) is 6.08. The van der Waals surface area contributed by atoms with Crippen LogP contribution in [-0.4, -0.2) is 43.2 Å². The molecule has 1 aromatic heterocycles. The fourth-order valence-corrected chi connectivity index (χ4v) is 2.76. The zero-order valence-corrected chi connectivity index (χ0v) is 16.0. The Balaban J connectivity index is 1.79. The van der Waals surface area contributed by atoms with Crippen molar-refractivity contribution in [1.82, 2.24) is 20.4 Å². The van der Waals surface area contributed by atoms with E-state index in [1.807, 2.05) is 42.8 Å². The summed E-state index contributed by atoms with van der Waals surface area (Å²) in [5.41, 5.74) is 4.14. The first-order valence-corrected chi connectivity index (χ1v) is 8.71. The Hall–Kier alpha value is -2.54. The van der Waals surface area contributed by atoms with Crippen LogP contribution in [0.1, 0.15) is 22.5 Å². The molecular formula is C19H28N4O3. The van der Waals surface area contributed by atoms with Crippen molar-refractivity contribution in [2.45, 2.75) is 33.4 Å². The maximum absolute atomic E-state index is 12.0. The highest BCUT2D eigenvalue weighted by Crippen LogP contribution is 2.13. The molecule has 0 saturated carbocycles. The Bertz CT molecular complexity index is 728. The summed E-state index contributed by atoms with van der Waals surface area (Å²) in [7, 11) is 3.32. The van der Waals surface area contributed by atoms with Crippen LogP contribution in [0.5, 0.6) is 5.75 Å². The predicted molar refractivity (Wildman–Crippen MR) is 101 cm³/mol. The zero-order valence-electron chi connectivity index (χ0n) is 16.0. The summed E-state index contributed by atoms with van der Waals surface area (Å²) >= 11 is 0. The predicted octanol–water partition coefficient (Wildman–Crippen LogP) is 2.20. The lowest BCUT2D eigenvalue weighted by Gasteiger charge is -2.09. The molecule has 7 nitrogen and oxygen atoms in total. The minimum Gasteiger partial charge on any atom is -0.497 e. The highest BCUT2D eigenvalue weighted by atomic mass is 16.5. The topological polar surface area (TPSA) is 77.4 Å². The molecule has 0 bridgehead atoms. The molecule has 2 aromatic rings. The first-order valence-electron chi connectivity index (χ1n) is 8.71. The number of carbonyl (C=O) groups excluding carboxylic acids is 1. The molecule has 0 aliphatic heterocycles. The van der Waals surface area contributed by atoms with Crippen molar-refractivity contribution in [3.8, 4) is 5.75 Å². The van der Waals surface area contributed by atoms with E-state index in [4.69, 9.17) is 9.47 Å². The molecule has 2 amide bonds. The van der Waals surface area contributed by atoms with Gasteiger partial charge in [-0.1, -0.05) is 12.1 Å². The highest BCUT2D eigenvalue weighted by Gasteiger charge is 2.12. The normalized spacial score (nSPS) is 10.6.